The van der Waals surface area contributed by atoms with Gasteiger partial charge in [0.05, 0.1) is 23.4 Å². The van der Waals surface area contributed by atoms with E-state index in [-0.39, 0.29) is 18.0 Å². The minimum absolute atomic E-state index is 0.125. The topological polar surface area (TPSA) is 83.6 Å². The second-order valence-corrected chi connectivity index (χ2v) is 8.95. The Morgan fingerprint density at radius 2 is 2.17 bits per heavy atom. The van der Waals surface area contributed by atoms with Gasteiger partial charge < -0.3 is 20.3 Å². The molecule has 0 spiro atoms. The number of ether oxygens (including phenoxy) is 1. The SMILES string of the molecule is CCOC(=O)N1CC[C@H](Nc2ccc(NC(=O)c3cc4cc(Br)ccc4s3)cn2)C1. The average molecular weight is 489 g/mol. The summed E-state index contributed by atoms with van der Waals surface area (Å²) < 4.78 is 7.09. The molecule has 156 valence electrons. The lowest BCUT2D eigenvalue weighted by molar-refractivity contribution is 0.103. The fraction of sp³-hybridized carbons (Fsp3) is 0.286. The third-order valence-corrected chi connectivity index (χ3v) is 6.40. The molecule has 0 bridgehead atoms. The number of thiophene rings is 1. The Morgan fingerprint density at radius 3 is 2.93 bits per heavy atom. The van der Waals surface area contributed by atoms with Crippen molar-refractivity contribution in [3.05, 3.63) is 51.9 Å². The van der Waals surface area contributed by atoms with Crippen LogP contribution in [0.1, 0.15) is 23.0 Å². The summed E-state index contributed by atoms with van der Waals surface area (Å²) in [6.45, 7) is 3.42. The molecule has 9 heteroatoms. The summed E-state index contributed by atoms with van der Waals surface area (Å²) in [6.07, 6.45) is 2.19. The molecule has 2 aromatic heterocycles. The van der Waals surface area contributed by atoms with Gasteiger partial charge in [-0.2, -0.15) is 0 Å². The number of carbonyl (C=O) groups is 2. The van der Waals surface area contributed by atoms with Crippen molar-refractivity contribution in [2.45, 2.75) is 19.4 Å². The molecule has 3 aromatic rings. The van der Waals surface area contributed by atoms with Crippen LogP contribution in [0.4, 0.5) is 16.3 Å². The Bertz CT molecular complexity index is 1070. The molecule has 1 aliphatic rings. The second kappa shape index (κ2) is 9.01. The van der Waals surface area contributed by atoms with Crippen molar-refractivity contribution >= 4 is 60.9 Å². The molecule has 1 aliphatic heterocycles. The number of rotatable bonds is 5. The van der Waals surface area contributed by atoms with Crippen LogP contribution in [0.5, 0.6) is 0 Å². The molecule has 1 fully saturated rings. The lowest BCUT2D eigenvalue weighted by atomic mass is 10.2. The van der Waals surface area contributed by atoms with E-state index in [0.29, 0.717) is 36.1 Å². The van der Waals surface area contributed by atoms with Gasteiger partial charge in [-0.1, -0.05) is 15.9 Å². The van der Waals surface area contributed by atoms with Crippen molar-refractivity contribution in [3.63, 3.8) is 0 Å². The van der Waals surface area contributed by atoms with Gasteiger partial charge in [-0.15, -0.1) is 11.3 Å². The Morgan fingerprint density at radius 1 is 1.30 bits per heavy atom. The van der Waals surface area contributed by atoms with Gasteiger partial charge in [0.2, 0.25) is 0 Å². The minimum atomic E-state index is -0.276. The van der Waals surface area contributed by atoms with Gasteiger partial charge >= 0.3 is 6.09 Å². The van der Waals surface area contributed by atoms with E-state index in [1.165, 1.54) is 11.3 Å². The van der Waals surface area contributed by atoms with E-state index in [9.17, 15) is 9.59 Å². The number of carbonyl (C=O) groups excluding carboxylic acids is 2. The fourth-order valence-corrected chi connectivity index (χ4v) is 4.66. The lowest BCUT2D eigenvalue weighted by Crippen LogP contribution is -2.32. The minimum Gasteiger partial charge on any atom is -0.450 e. The molecular weight excluding hydrogens is 468 g/mol. The third-order valence-electron chi connectivity index (χ3n) is 4.79. The van der Waals surface area contributed by atoms with Crippen LogP contribution in [-0.4, -0.2) is 47.6 Å². The van der Waals surface area contributed by atoms with Crippen molar-refractivity contribution in [2.24, 2.45) is 0 Å². The van der Waals surface area contributed by atoms with E-state index in [0.717, 1.165) is 21.0 Å². The first-order chi connectivity index (χ1) is 14.5. The highest BCUT2D eigenvalue weighted by atomic mass is 79.9. The molecule has 3 heterocycles. The maximum absolute atomic E-state index is 12.6. The molecule has 0 unspecified atom stereocenters. The number of anilines is 2. The number of nitrogens with zero attached hydrogens (tertiary/aromatic N) is 2. The summed E-state index contributed by atoms with van der Waals surface area (Å²) in [5, 5.41) is 7.25. The number of nitrogens with one attached hydrogen (secondary N) is 2. The Labute approximate surface area is 186 Å². The van der Waals surface area contributed by atoms with Gasteiger partial charge in [-0.25, -0.2) is 9.78 Å². The molecule has 1 saturated heterocycles. The Kier molecular flexibility index (Phi) is 6.19. The van der Waals surface area contributed by atoms with E-state index >= 15 is 0 Å². The van der Waals surface area contributed by atoms with Gasteiger partial charge in [0.25, 0.3) is 5.91 Å². The van der Waals surface area contributed by atoms with Crippen LogP contribution in [0.2, 0.25) is 0 Å². The second-order valence-electron chi connectivity index (χ2n) is 6.95. The predicted octanol–water partition coefficient (Wildman–Crippen LogP) is 4.95. The largest absolute Gasteiger partial charge is 0.450 e. The third kappa shape index (κ3) is 4.73. The Hall–Kier alpha value is -2.65. The molecule has 0 aliphatic carbocycles. The summed E-state index contributed by atoms with van der Waals surface area (Å²) in [7, 11) is 0. The van der Waals surface area contributed by atoms with E-state index < -0.39 is 0 Å². The first-order valence-corrected chi connectivity index (χ1v) is 11.3. The van der Waals surface area contributed by atoms with Crippen LogP contribution in [0.3, 0.4) is 0 Å². The highest BCUT2D eigenvalue weighted by Crippen LogP contribution is 2.29. The normalized spacial score (nSPS) is 15.9. The zero-order chi connectivity index (χ0) is 21.1. The number of hydrogen-bond donors (Lipinski definition) is 2. The average Bonchev–Trinajstić information content (AvgIpc) is 3.36. The number of hydrogen-bond acceptors (Lipinski definition) is 6. The maximum Gasteiger partial charge on any atom is 0.409 e. The van der Waals surface area contributed by atoms with Crippen LogP contribution in [-0.2, 0) is 4.74 Å². The molecule has 0 saturated carbocycles. The summed E-state index contributed by atoms with van der Waals surface area (Å²) in [5.41, 5.74) is 0.628. The molecule has 2 amide bonds. The van der Waals surface area contributed by atoms with Crippen molar-refractivity contribution in [2.75, 3.05) is 30.3 Å². The van der Waals surface area contributed by atoms with Gasteiger partial charge in [0.1, 0.15) is 5.82 Å². The highest BCUT2D eigenvalue weighted by molar-refractivity contribution is 9.10. The van der Waals surface area contributed by atoms with Gasteiger partial charge in [-0.3, -0.25) is 4.79 Å². The molecule has 0 radical (unpaired) electrons. The van der Waals surface area contributed by atoms with E-state index in [2.05, 4.69) is 31.5 Å². The maximum atomic E-state index is 12.6. The number of likely N-dealkylation sites (tertiary alicyclic amines) is 1. The van der Waals surface area contributed by atoms with Crippen LogP contribution >= 0.6 is 27.3 Å². The van der Waals surface area contributed by atoms with Gasteiger partial charge in [0.15, 0.2) is 0 Å². The monoisotopic (exact) mass is 488 g/mol. The van der Waals surface area contributed by atoms with Crippen molar-refractivity contribution < 1.29 is 14.3 Å². The molecule has 4 rings (SSSR count). The number of fused-ring (bicyclic) bond motifs is 1. The highest BCUT2D eigenvalue weighted by Gasteiger charge is 2.27. The van der Waals surface area contributed by atoms with Crippen molar-refractivity contribution in [3.8, 4) is 0 Å². The zero-order valence-electron chi connectivity index (χ0n) is 16.4. The quantitative estimate of drug-likeness (QED) is 0.530. The van der Waals surface area contributed by atoms with Crippen LogP contribution in [0.15, 0.2) is 47.1 Å². The zero-order valence-corrected chi connectivity index (χ0v) is 18.8. The number of pyridine rings is 1. The first kappa shape index (κ1) is 20.6. The number of amides is 2. The standard InChI is InChI=1S/C21H21BrN4O3S/c1-2-29-21(28)26-8-7-16(12-26)24-19-6-4-15(11-23-19)25-20(27)18-10-13-9-14(22)3-5-17(13)30-18/h3-6,9-11,16H,2,7-8,12H2,1H3,(H,23,24)(H,25,27)/t16-/m0/s1. The van der Waals surface area contributed by atoms with E-state index in [4.69, 9.17) is 4.74 Å². The smallest absolute Gasteiger partial charge is 0.409 e. The summed E-state index contributed by atoms with van der Waals surface area (Å²) in [6, 6.07) is 11.6. The van der Waals surface area contributed by atoms with Crippen molar-refractivity contribution in [1.29, 1.82) is 0 Å². The molecule has 1 atom stereocenters. The van der Waals surface area contributed by atoms with E-state index in [1.54, 1.807) is 18.0 Å². The molecule has 1 aromatic carbocycles. The molecule has 2 N–H and O–H groups in total. The van der Waals surface area contributed by atoms with Crippen LogP contribution in [0, 0.1) is 0 Å². The Balaban J connectivity index is 1.34. The van der Waals surface area contributed by atoms with Crippen LogP contribution in [0.25, 0.3) is 10.1 Å². The summed E-state index contributed by atoms with van der Waals surface area (Å²) in [4.78, 5) is 31.1. The number of aromatic nitrogens is 1. The summed E-state index contributed by atoms with van der Waals surface area (Å²) in [5.74, 6) is 0.547. The van der Waals surface area contributed by atoms with Crippen LogP contribution < -0.4 is 10.6 Å². The van der Waals surface area contributed by atoms with E-state index in [1.807, 2.05) is 36.4 Å². The molecule has 30 heavy (non-hydrogen) atoms. The molecule has 7 nitrogen and oxygen atoms in total. The number of halogens is 1. The fourth-order valence-electron chi connectivity index (χ4n) is 3.34. The lowest BCUT2D eigenvalue weighted by Gasteiger charge is -2.16. The number of benzene rings is 1. The predicted molar refractivity (Wildman–Crippen MR) is 122 cm³/mol. The summed E-state index contributed by atoms with van der Waals surface area (Å²) >= 11 is 4.91. The van der Waals surface area contributed by atoms with Crippen molar-refractivity contribution in [1.82, 2.24) is 9.88 Å². The first-order valence-electron chi connectivity index (χ1n) is 9.66. The van der Waals surface area contributed by atoms with Gasteiger partial charge in [0, 0.05) is 28.3 Å². The van der Waals surface area contributed by atoms with Gasteiger partial charge in [-0.05, 0) is 55.1 Å². The molecular formula is C21H21BrN4O3S.